The van der Waals surface area contributed by atoms with E-state index in [1.54, 1.807) is 12.3 Å². The molecule has 27 heavy (non-hydrogen) atoms. The Morgan fingerprint density at radius 1 is 0.963 bits per heavy atom. The molecule has 1 aliphatic rings. The molecule has 0 bridgehead atoms. The first-order chi connectivity index (χ1) is 13.0. The Morgan fingerprint density at radius 2 is 1.70 bits per heavy atom. The molecule has 0 saturated carbocycles. The Labute approximate surface area is 155 Å². The normalized spacial score (nSPS) is 15.4. The van der Waals surface area contributed by atoms with Crippen LogP contribution in [0.5, 0.6) is 0 Å². The summed E-state index contributed by atoms with van der Waals surface area (Å²) in [4.78, 5) is 9.96. The van der Waals surface area contributed by atoms with E-state index < -0.39 is 11.7 Å². The summed E-state index contributed by atoms with van der Waals surface area (Å²) in [6, 6.07) is 13.4. The van der Waals surface area contributed by atoms with Crippen molar-refractivity contribution in [2.75, 3.05) is 13.1 Å². The van der Waals surface area contributed by atoms with Crippen molar-refractivity contribution in [1.29, 1.82) is 0 Å². The van der Waals surface area contributed by atoms with Gasteiger partial charge in [0.2, 0.25) is 0 Å². The molecule has 0 spiro atoms. The van der Waals surface area contributed by atoms with Gasteiger partial charge in [0, 0.05) is 17.7 Å². The fourth-order valence-electron chi connectivity index (χ4n) is 3.49. The number of aromatic nitrogens is 2. The third-order valence-corrected chi connectivity index (χ3v) is 4.88. The highest BCUT2D eigenvalue weighted by molar-refractivity contribution is 5.65. The molecule has 3 aromatic rings. The lowest BCUT2D eigenvalue weighted by Crippen LogP contribution is -2.18. The zero-order valence-corrected chi connectivity index (χ0v) is 14.8. The van der Waals surface area contributed by atoms with Crippen LogP contribution in [0.15, 0.2) is 54.7 Å². The summed E-state index contributed by atoms with van der Waals surface area (Å²) in [6.07, 6.45) is -0.281. The van der Waals surface area contributed by atoms with Gasteiger partial charge in [0.1, 0.15) is 5.82 Å². The molecule has 1 N–H and O–H groups in total. The monoisotopic (exact) mass is 371 g/mol. The molecule has 2 aromatic carbocycles. The number of benzene rings is 2. The second kappa shape index (κ2) is 7.19. The Bertz CT molecular complexity index is 924. The van der Waals surface area contributed by atoms with Gasteiger partial charge in [-0.05, 0) is 49.7 Å². The lowest BCUT2D eigenvalue weighted by molar-refractivity contribution is -0.137. The van der Waals surface area contributed by atoms with Crippen molar-refractivity contribution in [2.24, 2.45) is 0 Å². The van der Waals surface area contributed by atoms with E-state index >= 15 is 0 Å². The van der Waals surface area contributed by atoms with Crippen LogP contribution in [0, 0.1) is 0 Å². The topological polar surface area (TPSA) is 31.9 Å². The first-order valence-corrected chi connectivity index (χ1v) is 9.03. The summed E-state index contributed by atoms with van der Waals surface area (Å²) in [5.74, 6) is 0.658. The number of hydrogen-bond donors (Lipinski definition) is 1. The third-order valence-electron chi connectivity index (χ3n) is 4.88. The van der Waals surface area contributed by atoms with Gasteiger partial charge < -0.3 is 4.98 Å². The van der Waals surface area contributed by atoms with Gasteiger partial charge in [0.15, 0.2) is 0 Å². The minimum absolute atomic E-state index is 0.469. The summed E-state index contributed by atoms with van der Waals surface area (Å²) in [5.41, 5.74) is 2.53. The second-order valence-corrected chi connectivity index (χ2v) is 6.91. The van der Waals surface area contributed by atoms with Crippen LogP contribution in [0.4, 0.5) is 13.2 Å². The van der Waals surface area contributed by atoms with Gasteiger partial charge in [-0.25, -0.2) is 4.98 Å². The molecular formula is C21H20F3N3. The summed E-state index contributed by atoms with van der Waals surface area (Å²) in [7, 11) is 0. The molecule has 140 valence electrons. The van der Waals surface area contributed by atoms with Crippen LogP contribution < -0.4 is 0 Å². The fraction of sp³-hybridized carbons (Fsp3) is 0.286. The third kappa shape index (κ3) is 4.06. The largest absolute Gasteiger partial charge is 0.416 e. The molecule has 1 saturated heterocycles. The maximum absolute atomic E-state index is 12.9. The van der Waals surface area contributed by atoms with Crippen molar-refractivity contribution in [3.63, 3.8) is 0 Å². The van der Waals surface area contributed by atoms with Gasteiger partial charge in [-0.3, -0.25) is 4.90 Å². The molecule has 0 unspecified atom stereocenters. The number of nitrogens with zero attached hydrogens (tertiary/aromatic N) is 2. The van der Waals surface area contributed by atoms with E-state index in [1.165, 1.54) is 24.5 Å². The van der Waals surface area contributed by atoms with Crippen molar-refractivity contribution >= 4 is 0 Å². The predicted octanol–water partition coefficient (Wildman–Crippen LogP) is 5.36. The SMILES string of the molecule is FC(F)(F)c1cccc(-c2cnc(-c3cccc(CN4CCCC4)c3)[nH]2)c1. The number of H-pyrrole nitrogens is 1. The van der Waals surface area contributed by atoms with Gasteiger partial charge in [-0.15, -0.1) is 0 Å². The highest BCUT2D eigenvalue weighted by Gasteiger charge is 2.30. The molecule has 1 fully saturated rings. The molecule has 0 aliphatic carbocycles. The second-order valence-electron chi connectivity index (χ2n) is 6.91. The van der Waals surface area contributed by atoms with Gasteiger partial charge in [0.05, 0.1) is 17.5 Å². The van der Waals surface area contributed by atoms with Crippen LogP contribution in [-0.2, 0) is 12.7 Å². The number of imidazole rings is 1. The first-order valence-electron chi connectivity index (χ1n) is 9.03. The van der Waals surface area contributed by atoms with Gasteiger partial charge in [-0.2, -0.15) is 13.2 Å². The van der Waals surface area contributed by atoms with E-state index in [0.717, 1.165) is 37.3 Å². The standard InChI is InChI=1S/C21H20F3N3/c22-21(23,24)18-8-4-6-16(12-18)19-13-25-20(26-19)17-7-3-5-15(11-17)14-27-9-1-2-10-27/h3-8,11-13H,1-2,9-10,14H2,(H,25,26). The summed E-state index contributed by atoms with van der Waals surface area (Å²) >= 11 is 0. The number of hydrogen-bond acceptors (Lipinski definition) is 2. The zero-order valence-electron chi connectivity index (χ0n) is 14.8. The zero-order chi connectivity index (χ0) is 18.9. The highest BCUT2D eigenvalue weighted by atomic mass is 19.4. The number of halogens is 3. The first kappa shape index (κ1) is 17.8. The van der Waals surface area contributed by atoms with Crippen molar-refractivity contribution in [3.05, 3.63) is 65.9 Å². The number of alkyl halides is 3. The van der Waals surface area contributed by atoms with Crippen LogP contribution in [0.3, 0.4) is 0 Å². The molecule has 6 heteroatoms. The molecule has 0 amide bonds. The lowest BCUT2D eigenvalue weighted by Gasteiger charge is -2.14. The van der Waals surface area contributed by atoms with Crippen LogP contribution in [0.2, 0.25) is 0 Å². The molecule has 0 radical (unpaired) electrons. The maximum Gasteiger partial charge on any atom is 0.416 e. The number of likely N-dealkylation sites (tertiary alicyclic amines) is 1. The molecule has 2 heterocycles. The number of nitrogens with one attached hydrogen (secondary N) is 1. The van der Waals surface area contributed by atoms with E-state index in [4.69, 9.17) is 0 Å². The Morgan fingerprint density at radius 3 is 2.48 bits per heavy atom. The lowest BCUT2D eigenvalue weighted by atomic mass is 10.1. The van der Waals surface area contributed by atoms with E-state index in [9.17, 15) is 13.2 Å². The van der Waals surface area contributed by atoms with Crippen molar-refractivity contribution < 1.29 is 13.2 Å². The molecule has 1 aliphatic heterocycles. The Hall–Kier alpha value is -2.60. The van der Waals surface area contributed by atoms with Crippen LogP contribution in [-0.4, -0.2) is 28.0 Å². The van der Waals surface area contributed by atoms with E-state index in [0.29, 0.717) is 17.1 Å². The van der Waals surface area contributed by atoms with Crippen LogP contribution >= 0.6 is 0 Å². The maximum atomic E-state index is 12.9. The van der Waals surface area contributed by atoms with Crippen LogP contribution in [0.25, 0.3) is 22.6 Å². The van der Waals surface area contributed by atoms with E-state index in [-0.39, 0.29) is 0 Å². The van der Waals surface area contributed by atoms with Crippen molar-refractivity contribution in [2.45, 2.75) is 25.6 Å². The minimum Gasteiger partial charge on any atom is -0.338 e. The molecule has 1 aromatic heterocycles. The summed E-state index contributed by atoms with van der Waals surface area (Å²) in [5, 5.41) is 0. The summed E-state index contributed by atoms with van der Waals surface area (Å²) < 4.78 is 38.8. The molecular weight excluding hydrogens is 351 g/mol. The number of rotatable bonds is 4. The Balaban J connectivity index is 1.58. The summed E-state index contributed by atoms with van der Waals surface area (Å²) in [6.45, 7) is 3.17. The molecule has 3 nitrogen and oxygen atoms in total. The highest BCUT2D eigenvalue weighted by Crippen LogP contribution is 2.32. The molecule has 0 atom stereocenters. The smallest absolute Gasteiger partial charge is 0.338 e. The van der Waals surface area contributed by atoms with Crippen molar-refractivity contribution in [1.82, 2.24) is 14.9 Å². The van der Waals surface area contributed by atoms with E-state index in [1.807, 2.05) is 12.1 Å². The van der Waals surface area contributed by atoms with E-state index in [2.05, 4.69) is 27.0 Å². The van der Waals surface area contributed by atoms with Crippen LogP contribution in [0.1, 0.15) is 24.0 Å². The number of aromatic amines is 1. The van der Waals surface area contributed by atoms with Gasteiger partial charge >= 0.3 is 6.18 Å². The average Bonchev–Trinajstić information content (AvgIpc) is 3.33. The van der Waals surface area contributed by atoms with Crippen molar-refractivity contribution in [3.8, 4) is 22.6 Å². The Kier molecular flexibility index (Phi) is 4.74. The molecule has 4 rings (SSSR count). The fourth-order valence-corrected chi connectivity index (χ4v) is 3.49. The van der Waals surface area contributed by atoms with Gasteiger partial charge in [-0.1, -0.05) is 30.3 Å². The minimum atomic E-state index is -4.36. The average molecular weight is 371 g/mol. The predicted molar refractivity (Wildman–Crippen MR) is 99.0 cm³/mol. The van der Waals surface area contributed by atoms with Gasteiger partial charge in [0.25, 0.3) is 0 Å². The quantitative estimate of drug-likeness (QED) is 0.670.